The molecule has 0 radical (unpaired) electrons. The molecule has 0 spiro atoms. The number of halogens is 2. The zero-order valence-electron chi connectivity index (χ0n) is 9.36. The molecule has 1 aromatic rings. The van der Waals surface area contributed by atoms with Crippen LogP contribution >= 0.6 is 15.9 Å². The number of aromatic nitrogens is 1. The molecule has 2 aliphatic rings. The van der Waals surface area contributed by atoms with Crippen molar-refractivity contribution in [1.82, 2.24) is 10.3 Å². The van der Waals surface area contributed by atoms with E-state index in [0.29, 0.717) is 16.6 Å². The number of fused-ring (bicyclic) bond motifs is 1. The minimum absolute atomic E-state index is 0.0385. The van der Waals surface area contributed by atoms with Gasteiger partial charge in [-0.25, -0.2) is 9.37 Å². The first-order valence-corrected chi connectivity index (χ1v) is 6.50. The first-order valence-electron chi connectivity index (χ1n) is 5.71. The summed E-state index contributed by atoms with van der Waals surface area (Å²) >= 11 is 3.14. The largest absolute Gasteiger partial charge is 0.307 e. The second-order valence-electron chi connectivity index (χ2n) is 4.48. The van der Waals surface area contributed by atoms with Gasteiger partial charge >= 0.3 is 0 Å². The SMILES string of the molecule is O=C(Nc1nc(Br)ccc1F)[C@@H]1C[C@H]2C=C[C@H]2N1. The Bertz CT molecular complexity index is 520. The van der Waals surface area contributed by atoms with E-state index in [1.54, 1.807) is 0 Å². The Morgan fingerprint density at radius 3 is 2.94 bits per heavy atom. The molecule has 18 heavy (non-hydrogen) atoms. The predicted molar refractivity (Wildman–Crippen MR) is 68.5 cm³/mol. The van der Waals surface area contributed by atoms with Gasteiger partial charge in [-0.05, 0) is 40.4 Å². The molecule has 1 aliphatic carbocycles. The minimum Gasteiger partial charge on any atom is -0.307 e. The summed E-state index contributed by atoms with van der Waals surface area (Å²) in [6, 6.07) is 2.76. The number of nitrogens with one attached hydrogen (secondary N) is 2. The van der Waals surface area contributed by atoms with Crippen LogP contribution in [0.25, 0.3) is 0 Å². The third-order valence-corrected chi connectivity index (χ3v) is 3.74. The maximum atomic E-state index is 13.5. The molecule has 2 N–H and O–H groups in total. The van der Waals surface area contributed by atoms with Crippen LogP contribution in [0.5, 0.6) is 0 Å². The number of carbonyl (C=O) groups excluding carboxylic acids is 1. The van der Waals surface area contributed by atoms with Gasteiger partial charge in [0.2, 0.25) is 5.91 Å². The number of pyridine rings is 1. The van der Waals surface area contributed by atoms with Crippen molar-refractivity contribution in [1.29, 1.82) is 0 Å². The highest BCUT2D eigenvalue weighted by Crippen LogP contribution is 2.30. The molecule has 1 aromatic heterocycles. The highest BCUT2D eigenvalue weighted by molar-refractivity contribution is 9.10. The maximum absolute atomic E-state index is 13.5. The summed E-state index contributed by atoms with van der Waals surface area (Å²) in [5.41, 5.74) is 0. The lowest BCUT2D eigenvalue weighted by molar-refractivity contribution is -0.117. The van der Waals surface area contributed by atoms with Crippen molar-refractivity contribution in [3.63, 3.8) is 0 Å². The van der Waals surface area contributed by atoms with Crippen molar-refractivity contribution < 1.29 is 9.18 Å². The van der Waals surface area contributed by atoms with Crippen molar-refractivity contribution in [2.45, 2.75) is 18.5 Å². The Labute approximate surface area is 112 Å². The van der Waals surface area contributed by atoms with Crippen molar-refractivity contribution in [2.75, 3.05) is 5.32 Å². The molecule has 1 aliphatic heterocycles. The first kappa shape index (κ1) is 11.8. The van der Waals surface area contributed by atoms with Crippen LogP contribution in [0.3, 0.4) is 0 Å². The molecular formula is C12H11BrFN3O. The zero-order valence-corrected chi connectivity index (χ0v) is 10.9. The molecule has 4 nitrogen and oxygen atoms in total. The Morgan fingerprint density at radius 1 is 1.50 bits per heavy atom. The Morgan fingerprint density at radius 2 is 2.33 bits per heavy atom. The lowest BCUT2D eigenvalue weighted by Crippen LogP contribution is -2.40. The van der Waals surface area contributed by atoms with Gasteiger partial charge in [-0.2, -0.15) is 0 Å². The van der Waals surface area contributed by atoms with E-state index >= 15 is 0 Å². The minimum atomic E-state index is -0.536. The Balaban J connectivity index is 1.69. The highest BCUT2D eigenvalue weighted by atomic mass is 79.9. The lowest BCUT2D eigenvalue weighted by atomic mass is 9.89. The standard InChI is InChI=1S/C12H11BrFN3O/c13-10-4-2-7(14)11(16-10)17-12(18)9-5-6-1-3-8(6)15-9/h1-4,6,8-9,15H,5H2,(H,16,17,18)/t6-,8-,9+/m1/s1. The van der Waals surface area contributed by atoms with Gasteiger partial charge in [-0.3, -0.25) is 10.1 Å². The molecule has 0 aromatic carbocycles. The fourth-order valence-corrected chi connectivity index (χ4v) is 2.56. The fraction of sp³-hybridized carbons (Fsp3) is 0.333. The zero-order chi connectivity index (χ0) is 12.7. The number of rotatable bonds is 2. The number of amides is 1. The normalized spacial score (nSPS) is 28.7. The number of carbonyl (C=O) groups is 1. The lowest BCUT2D eigenvalue weighted by Gasteiger charge is -2.19. The summed E-state index contributed by atoms with van der Waals surface area (Å²) in [6.45, 7) is 0. The van der Waals surface area contributed by atoms with Crippen LogP contribution in [-0.4, -0.2) is 23.0 Å². The third-order valence-electron chi connectivity index (χ3n) is 3.30. The second-order valence-corrected chi connectivity index (χ2v) is 5.30. The molecule has 3 atom stereocenters. The average Bonchev–Trinajstić information content (AvgIpc) is 2.60. The second kappa shape index (κ2) is 4.44. The maximum Gasteiger partial charge on any atom is 0.242 e. The monoisotopic (exact) mass is 311 g/mol. The van der Waals surface area contributed by atoms with Crippen LogP contribution in [0.1, 0.15) is 6.42 Å². The van der Waals surface area contributed by atoms with Crippen LogP contribution < -0.4 is 10.6 Å². The van der Waals surface area contributed by atoms with Gasteiger partial charge in [-0.1, -0.05) is 12.2 Å². The van der Waals surface area contributed by atoms with E-state index < -0.39 is 5.82 Å². The van der Waals surface area contributed by atoms with E-state index in [4.69, 9.17) is 0 Å². The Kier molecular flexibility index (Phi) is 2.91. The fourth-order valence-electron chi connectivity index (χ4n) is 2.25. The molecule has 1 saturated heterocycles. The van der Waals surface area contributed by atoms with Crippen molar-refractivity contribution in [2.24, 2.45) is 5.92 Å². The number of nitrogens with zero attached hydrogens (tertiary/aromatic N) is 1. The molecule has 1 fully saturated rings. The molecular weight excluding hydrogens is 301 g/mol. The van der Waals surface area contributed by atoms with Crippen LogP contribution in [0.2, 0.25) is 0 Å². The van der Waals surface area contributed by atoms with E-state index in [1.165, 1.54) is 12.1 Å². The van der Waals surface area contributed by atoms with E-state index in [9.17, 15) is 9.18 Å². The predicted octanol–water partition coefficient (Wildman–Crippen LogP) is 1.84. The van der Waals surface area contributed by atoms with E-state index in [-0.39, 0.29) is 17.8 Å². The van der Waals surface area contributed by atoms with Crippen LogP contribution in [0.4, 0.5) is 10.2 Å². The first-order chi connectivity index (χ1) is 8.63. The van der Waals surface area contributed by atoms with E-state index in [2.05, 4.69) is 37.6 Å². The van der Waals surface area contributed by atoms with Crippen LogP contribution in [-0.2, 0) is 4.79 Å². The van der Waals surface area contributed by atoms with Crippen LogP contribution in [0.15, 0.2) is 28.9 Å². The van der Waals surface area contributed by atoms with Crippen molar-refractivity contribution >= 4 is 27.7 Å². The summed E-state index contributed by atoms with van der Waals surface area (Å²) < 4.78 is 13.9. The van der Waals surface area contributed by atoms with Gasteiger partial charge in [0.05, 0.1) is 6.04 Å². The summed E-state index contributed by atoms with van der Waals surface area (Å²) in [7, 11) is 0. The van der Waals surface area contributed by atoms with Gasteiger partial charge in [-0.15, -0.1) is 0 Å². The smallest absolute Gasteiger partial charge is 0.242 e. The summed E-state index contributed by atoms with van der Waals surface area (Å²) in [5.74, 6) is -0.384. The topological polar surface area (TPSA) is 54.0 Å². The number of hydrogen-bond donors (Lipinski definition) is 2. The summed E-state index contributed by atoms with van der Waals surface area (Å²) in [4.78, 5) is 15.9. The summed E-state index contributed by atoms with van der Waals surface area (Å²) in [6.07, 6.45) is 4.88. The van der Waals surface area contributed by atoms with Gasteiger partial charge in [0, 0.05) is 6.04 Å². The quantitative estimate of drug-likeness (QED) is 0.647. The molecule has 1 amide bonds. The molecule has 0 unspecified atom stereocenters. The molecule has 0 bridgehead atoms. The van der Waals surface area contributed by atoms with Gasteiger partial charge in [0.25, 0.3) is 0 Å². The van der Waals surface area contributed by atoms with Crippen LogP contribution in [0, 0.1) is 11.7 Å². The third kappa shape index (κ3) is 2.06. The highest BCUT2D eigenvalue weighted by Gasteiger charge is 2.38. The van der Waals surface area contributed by atoms with Crippen molar-refractivity contribution in [3.05, 3.63) is 34.7 Å². The number of anilines is 1. The molecule has 94 valence electrons. The van der Waals surface area contributed by atoms with Gasteiger partial charge < -0.3 is 5.32 Å². The van der Waals surface area contributed by atoms with Gasteiger partial charge in [0.15, 0.2) is 11.6 Å². The van der Waals surface area contributed by atoms with Crippen molar-refractivity contribution in [3.8, 4) is 0 Å². The summed E-state index contributed by atoms with van der Waals surface area (Å²) in [5, 5.41) is 5.70. The molecule has 3 rings (SSSR count). The molecule has 6 heteroatoms. The van der Waals surface area contributed by atoms with E-state index in [0.717, 1.165) is 6.42 Å². The number of hydrogen-bond acceptors (Lipinski definition) is 3. The van der Waals surface area contributed by atoms with Gasteiger partial charge in [0.1, 0.15) is 4.60 Å². The molecule has 2 heterocycles. The van der Waals surface area contributed by atoms with E-state index in [1.807, 2.05) is 6.08 Å². The Hall–Kier alpha value is -1.27. The average molecular weight is 312 g/mol. The molecule has 0 saturated carbocycles.